The number of ether oxygens (including phenoxy) is 2. The quantitative estimate of drug-likeness (QED) is 0.465. The lowest BCUT2D eigenvalue weighted by molar-refractivity contribution is 0.0500. The second kappa shape index (κ2) is 9.42. The highest BCUT2D eigenvalue weighted by atomic mass is 35.5. The standard InChI is InChI=1S/C20H23ClO4/c1-3-5-12-24-19(22)15-9-7-8-14-17(21)11-10-16(18(14)15)20(23)25-13-6-4-2/h7-11H,3-6,12-13H2,1-2H3. The summed E-state index contributed by atoms with van der Waals surface area (Å²) in [5.41, 5.74) is 0.664. The van der Waals surface area contributed by atoms with Crippen molar-refractivity contribution in [1.29, 1.82) is 0 Å². The zero-order valence-corrected chi connectivity index (χ0v) is 15.4. The van der Waals surface area contributed by atoms with Gasteiger partial charge in [-0.2, -0.15) is 0 Å². The molecule has 0 heterocycles. The van der Waals surface area contributed by atoms with Crippen LogP contribution in [-0.2, 0) is 9.47 Å². The average Bonchev–Trinajstić information content (AvgIpc) is 2.62. The average molecular weight is 363 g/mol. The van der Waals surface area contributed by atoms with Gasteiger partial charge >= 0.3 is 11.9 Å². The predicted molar refractivity (Wildman–Crippen MR) is 99.3 cm³/mol. The molecule has 2 aromatic carbocycles. The molecular weight excluding hydrogens is 340 g/mol. The van der Waals surface area contributed by atoms with Gasteiger partial charge in [-0.15, -0.1) is 0 Å². The monoisotopic (exact) mass is 362 g/mol. The molecule has 0 radical (unpaired) electrons. The fraction of sp³-hybridized carbons (Fsp3) is 0.400. The SMILES string of the molecule is CCCCOC(=O)c1cccc2c(Cl)ccc(C(=O)OCCCC)c12. The van der Waals surface area contributed by atoms with Gasteiger partial charge in [-0.05, 0) is 31.0 Å². The molecule has 0 unspecified atom stereocenters. The number of rotatable bonds is 8. The number of fused-ring (bicyclic) bond motifs is 1. The summed E-state index contributed by atoms with van der Waals surface area (Å²) in [4.78, 5) is 24.9. The first-order valence-corrected chi connectivity index (χ1v) is 9.03. The van der Waals surface area contributed by atoms with Crippen LogP contribution in [0.5, 0.6) is 0 Å². The lowest BCUT2D eigenvalue weighted by atomic mass is 9.99. The topological polar surface area (TPSA) is 52.6 Å². The number of halogens is 1. The van der Waals surface area contributed by atoms with Gasteiger partial charge in [0.1, 0.15) is 0 Å². The van der Waals surface area contributed by atoms with Crippen molar-refractivity contribution in [3.8, 4) is 0 Å². The zero-order chi connectivity index (χ0) is 18.2. The van der Waals surface area contributed by atoms with E-state index >= 15 is 0 Å². The largest absolute Gasteiger partial charge is 0.462 e. The highest BCUT2D eigenvalue weighted by Crippen LogP contribution is 2.30. The molecule has 0 aliphatic heterocycles. The maximum atomic E-state index is 12.5. The summed E-state index contributed by atoms with van der Waals surface area (Å²) in [5.74, 6) is -0.909. The van der Waals surface area contributed by atoms with E-state index in [1.165, 1.54) is 0 Å². The Kier molecular flexibility index (Phi) is 7.26. The normalized spacial score (nSPS) is 10.7. The molecule has 0 saturated carbocycles. The van der Waals surface area contributed by atoms with Crippen LogP contribution in [0.4, 0.5) is 0 Å². The van der Waals surface area contributed by atoms with Crippen LogP contribution in [0.2, 0.25) is 5.02 Å². The van der Waals surface area contributed by atoms with Gasteiger partial charge in [0.05, 0.1) is 24.3 Å². The molecular formula is C20H23ClO4. The van der Waals surface area contributed by atoms with Crippen molar-refractivity contribution in [2.24, 2.45) is 0 Å². The van der Waals surface area contributed by atoms with Gasteiger partial charge in [0.2, 0.25) is 0 Å². The van der Waals surface area contributed by atoms with Crippen molar-refractivity contribution < 1.29 is 19.1 Å². The lowest BCUT2D eigenvalue weighted by Gasteiger charge is -2.12. The summed E-state index contributed by atoms with van der Waals surface area (Å²) in [5, 5.41) is 1.60. The molecule has 0 aliphatic rings. The third-order valence-corrected chi connectivity index (χ3v) is 4.22. The van der Waals surface area contributed by atoms with E-state index < -0.39 is 11.9 Å². The minimum Gasteiger partial charge on any atom is -0.462 e. The van der Waals surface area contributed by atoms with Crippen LogP contribution >= 0.6 is 11.6 Å². The first kappa shape index (κ1) is 19.3. The molecule has 5 heteroatoms. The summed E-state index contributed by atoms with van der Waals surface area (Å²) in [6.45, 7) is 4.75. The molecule has 0 atom stereocenters. The predicted octanol–water partition coefficient (Wildman–Crippen LogP) is 5.41. The van der Waals surface area contributed by atoms with E-state index in [4.69, 9.17) is 21.1 Å². The Morgan fingerprint density at radius 3 is 2.00 bits per heavy atom. The van der Waals surface area contributed by atoms with E-state index in [1.54, 1.807) is 30.3 Å². The molecule has 0 aliphatic carbocycles. The Morgan fingerprint density at radius 2 is 1.44 bits per heavy atom. The minimum atomic E-state index is -0.455. The number of unbranched alkanes of at least 4 members (excludes halogenated alkanes) is 2. The van der Waals surface area contributed by atoms with E-state index in [0.29, 0.717) is 40.1 Å². The van der Waals surface area contributed by atoms with E-state index in [-0.39, 0.29) is 0 Å². The number of carbonyl (C=O) groups excluding carboxylic acids is 2. The van der Waals surface area contributed by atoms with Gasteiger partial charge < -0.3 is 9.47 Å². The number of carbonyl (C=O) groups is 2. The smallest absolute Gasteiger partial charge is 0.338 e. The van der Waals surface area contributed by atoms with E-state index in [2.05, 4.69) is 0 Å². The van der Waals surface area contributed by atoms with E-state index in [0.717, 1.165) is 25.7 Å². The van der Waals surface area contributed by atoms with Gasteiger partial charge in [0.15, 0.2) is 0 Å². The second-order valence-electron chi connectivity index (χ2n) is 5.80. The van der Waals surface area contributed by atoms with Crippen LogP contribution in [0.25, 0.3) is 10.8 Å². The number of hydrogen-bond donors (Lipinski definition) is 0. The molecule has 0 amide bonds. The minimum absolute atomic E-state index is 0.332. The van der Waals surface area contributed by atoms with Crippen LogP contribution in [0.15, 0.2) is 30.3 Å². The van der Waals surface area contributed by atoms with Gasteiger partial charge in [0.25, 0.3) is 0 Å². The van der Waals surface area contributed by atoms with Crippen molar-refractivity contribution in [3.63, 3.8) is 0 Å². The van der Waals surface area contributed by atoms with Crippen LogP contribution in [0.1, 0.15) is 60.2 Å². The molecule has 2 aromatic rings. The Bertz CT molecular complexity index is 726. The molecule has 134 valence electrons. The fourth-order valence-electron chi connectivity index (χ4n) is 2.49. The van der Waals surface area contributed by atoms with Gasteiger partial charge in [-0.3, -0.25) is 0 Å². The van der Waals surface area contributed by atoms with Crippen molar-refractivity contribution in [1.82, 2.24) is 0 Å². The highest BCUT2D eigenvalue weighted by Gasteiger charge is 2.20. The fourth-order valence-corrected chi connectivity index (χ4v) is 2.71. The lowest BCUT2D eigenvalue weighted by Crippen LogP contribution is -2.11. The van der Waals surface area contributed by atoms with Crippen LogP contribution in [-0.4, -0.2) is 25.2 Å². The molecule has 0 fully saturated rings. The van der Waals surface area contributed by atoms with Crippen molar-refractivity contribution in [3.05, 3.63) is 46.5 Å². The summed E-state index contributed by atoms with van der Waals surface area (Å²) in [7, 11) is 0. The maximum absolute atomic E-state index is 12.5. The second-order valence-corrected chi connectivity index (χ2v) is 6.21. The number of esters is 2. The number of benzene rings is 2. The first-order chi connectivity index (χ1) is 12.1. The molecule has 0 saturated heterocycles. The van der Waals surface area contributed by atoms with Crippen LogP contribution < -0.4 is 0 Å². The molecule has 0 spiro atoms. The van der Waals surface area contributed by atoms with Gasteiger partial charge in [-0.1, -0.05) is 50.4 Å². The summed E-state index contributed by atoms with van der Waals surface area (Å²) in [6, 6.07) is 8.41. The Morgan fingerprint density at radius 1 is 0.880 bits per heavy atom. The van der Waals surface area contributed by atoms with Gasteiger partial charge in [0, 0.05) is 15.8 Å². The summed E-state index contributed by atoms with van der Waals surface area (Å²) >= 11 is 6.26. The van der Waals surface area contributed by atoms with Crippen molar-refractivity contribution in [2.75, 3.05) is 13.2 Å². The number of hydrogen-bond acceptors (Lipinski definition) is 4. The van der Waals surface area contributed by atoms with Crippen LogP contribution in [0, 0.1) is 0 Å². The zero-order valence-electron chi connectivity index (χ0n) is 14.6. The Labute approximate surface area is 153 Å². The molecule has 2 rings (SSSR count). The molecule has 4 nitrogen and oxygen atoms in total. The Balaban J connectivity index is 2.43. The maximum Gasteiger partial charge on any atom is 0.338 e. The molecule has 0 N–H and O–H groups in total. The molecule has 25 heavy (non-hydrogen) atoms. The van der Waals surface area contributed by atoms with Crippen molar-refractivity contribution >= 4 is 34.3 Å². The summed E-state index contributed by atoms with van der Waals surface area (Å²) in [6.07, 6.45) is 3.46. The first-order valence-electron chi connectivity index (χ1n) is 8.65. The summed E-state index contributed by atoms with van der Waals surface area (Å²) < 4.78 is 10.6. The van der Waals surface area contributed by atoms with E-state index in [9.17, 15) is 9.59 Å². The molecule has 0 bridgehead atoms. The molecule has 0 aromatic heterocycles. The highest BCUT2D eigenvalue weighted by molar-refractivity contribution is 6.36. The van der Waals surface area contributed by atoms with Gasteiger partial charge in [-0.25, -0.2) is 9.59 Å². The Hall–Kier alpha value is -2.07. The van der Waals surface area contributed by atoms with Crippen molar-refractivity contribution in [2.45, 2.75) is 39.5 Å². The third kappa shape index (κ3) is 4.73. The van der Waals surface area contributed by atoms with E-state index in [1.807, 2.05) is 13.8 Å². The third-order valence-electron chi connectivity index (χ3n) is 3.89. The van der Waals surface area contributed by atoms with Crippen LogP contribution in [0.3, 0.4) is 0 Å².